The quantitative estimate of drug-likeness (QED) is 0.162. The first-order chi connectivity index (χ1) is 22.7. The van der Waals surface area contributed by atoms with Crippen molar-refractivity contribution in [2.45, 2.75) is 9.79 Å². The van der Waals surface area contributed by atoms with Gasteiger partial charge in [0.05, 0.1) is 0 Å². The van der Waals surface area contributed by atoms with Crippen LogP contribution in [0.2, 0.25) is 0 Å². The molecule has 7 aromatic carbocycles. The summed E-state index contributed by atoms with van der Waals surface area (Å²) in [5.74, 6) is 0. The SMILES string of the molecule is O=S(=O)([O][Sb]([O]S(=O)(=O)c1ccc2ccccc2c1)([c]1ccccc1)([c]1ccccc1)[c]1ccccc1)c1ccc2ccccc2c1. The van der Waals surface area contributed by atoms with Crippen LogP contribution in [0.25, 0.3) is 21.5 Å². The zero-order valence-electron chi connectivity index (χ0n) is 25.0. The Morgan fingerprint density at radius 3 is 0.979 bits per heavy atom. The van der Waals surface area contributed by atoms with Crippen molar-refractivity contribution in [3.05, 3.63) is 176 Å². The molecule has 0 radical (unpaired) electrons. The van der Waals surface area contributed by atoms with Crippen molar-refractivity contribution in [3.8, 4) is 0 Å². The summed E-state index contributed by atoms with van der Waals surface area (Å²) < 4.78 is 73.5. The number of benzene rings is 7. The van der Waals surface area contributed by atoms with Gasteiger partial charge in [0.2, 0.25) is 0 Å². The van der Waals surface area contributed by atoms with Gasteiger partial charge in [0.1, 0.15) is 0 Å². The molecule has 0 aliphatic heterocycles. The van der Waals surface area contributed by atoms with Gasteiger partial charge in [-0.05, 0) is 0 Å². The molecular weight excluding hydrogens is 738 g/mol. The third-order valence-electron chi connectivity index (χ3n) is 8.18. The van der Waals surface area contributed by atoms with E-state index in [-0.39, 0.29) is 9.79 Å². The standard InChI is InChI=1S/2C10H8O3S.3C6H5.Sb/c2*11-14(12,13)10-6-5-8-3-1-2-4-9(8)7-10;3*1-2-4-6-5-3-1;/h2*1-7H,(H,11,12,13);3*1-5H;/q;;;;;+2/p-2. The van der Waals surface area contributed by atoms with Crippen molar-refractivity contribution in [1.82, 2.24) is 0 Å². The van der Waals surface area contributed by atoms with Gasteiger partial charge in [-0.25, -0.2) is 0 Å². The Bertz CT molecular complexity index is 2240. The molecular formula is C38H29O6S2Sb. The fraction of sp³-hybridized carbons (Fsp3) is 0. The van der Waals surface area contributed by atoms with Crippen molar-refractivity contribution in [2.75, 3.05) is 0 Å². The summed E-state index contributed by atoms with van der Waals surface area (Å²) in [6.07, 6.45) is 0. The molecule has 0 heterocycles. The van der Waals surface area contributed by atoms with Gasteiger partial charge in [-0.3, -0.25) is 0 Å². The van der Waals surface area contributed by atoms with E-state index in [0.717, 1.165) is 10.8 Å². The fourth-order valence-corrected chi connectivity index (χ4v) is 30.1. The summed E-state index contributed by atoms with van der Waals surface area (Å²) in [6, 6.07) is 50.0. The summed E-state index contributed by atoms with van der Waals surface area (Å²) in [5, 5.41) is 3.07. The number of hydrogen-bond acceptors (Lipinski definition) is 6. The van der Waals surface area contributed by atoms with Crippen molar-refractivity contribution in [1.29, 1.82) is 0 Å². The predicted octanol–water partition coefficient (Wildman–Crippen LogP) is 6.22. The zero-order valence-corrected chi connectivity index (χ0v) is 29.1. The molecule has 0 fully saturated rings. The molecule has 0 atom stereocenters. The molecule has 0 aliphatic carbocycles. The molecule has 7 rings (SSSR count). The molecule has 7 aromatic rings. The van der Waals surface area contributed by atoms with Crippen molar-refractivity contribution in [3.63, 3.8) is 0 Å². The van der Waals surface area contributed by atoms with Crippen LogP contribution in [0.4, 0.5) is 0 Å². The van der Waals surface area contributed by atoms with E-state index in [1.54, 1.807) is 103 Å². The monoisotopic (exact) mass is 766 g/mol. The molecule has 0 aromatic heterocycles. The van der Waals surface area contributed by atoms with E-state index < -0.39 is 38.5 Å². The fourth-order valence-electron chi connectivity index (χ4n) is 5.92. The third kappa shape index (κ3) is 5.46. The zero-order chi connectivity index (χ0) is 32.6. The first kappa shape index (κ1) is 31.3. The van der Waals surface area contributed by atoms with Crippen molar-refractivity contribution in [2.24, 2.45) is 0 Å². The summed E-state index contributed by atoms with van der Waals surface area (Å²) >= 11 is -6.73. The average molecular weight is 768 g/mol. The topological polar surface area (TPSA) is 86.7 Å². The second-order valence-corrected chi connectivity index (χ2v) is 26.5. The van der Waals surface area contributed by atoms with Crippen LogP contribution in [-0.2, 0) is 25.2 Å². The van der Waals surface area contributed by atoms with Gasteiger partial charge in [-0.1, -0.05) is 0 Å². The van der Waals surface area contributed by atoms with Gasteiger partial charge < -0.3 is 0 Å². The van der Waals surface area contributed by atoms with Gasteiger partial charge in [0.25, 0.3) is 0 Å². The second kappa shape index (κ2) is 12.1. The van der Waals surface area contributed by atoms with E-state index in [1.807, 2.05) is 48.5 Å². The molecule has 0 saturated carbocycles. The van der Waals surface area contributed by atoms with Crippen LogP contribution in [0.15, 0.2) is 186 Å². The molecule has 0 aliphatic rings. The molecule has 234 valence electrons. The summed E-state index contributed by atoms with van der Waals surface area (Å²) in [5.41, 5.74) is 0. The molecule has 9 heteroatoms. The summed E-state index contributed by atoms with van der Waals surface area (Å²) in [6.45, 7) is 0. The van der Waals surface area contributed by atoms with Gasteiger partial charge in [-0.15, -0.1) is 0 Å². The number of hydrogen-bond donors (Lipinski definition) is 0. The molecule has 0 saturated heterocycles. The Balaban J connectivity index is 1.58. The van der Waals surface area contributed by atoms with E-state index in [4.69, 9.17) is 4.92 Å². The minimum atomic E-state index is -6.73. The Hall–Kier alpha value is -4.30. The predicted molar refractivity (Wildman–Crippen MR) is 188 cm³/mol. The maximum absolute atomic E-state index is 14.8. The molecule has 47 heavy (non-hydrogen) atoms. The van der Waals surface area contributed by atoms with Crippen LogP contribution < -0.4 is 10.5 Å². The van der Waals surface area contributed by atoms with E-state index >= 15 is 0 Å². The summed E-state index contributed by atoms with van der Waals surface area (Å²) in [7, 11) is -9.40. The number of fused-ring (bicyclic) bond motifs is 2. The Morgan fingerprint density at radius 2 is 0.638 bits per heavy atom. The van der Waals surface area contributed by atoms with E-state index in [2.05, 4.69) is 0 Å². The molecule has 0 unspecified atom stereocenters. The van der Waals surface area contributed by atoms with Crippen LogP contribution in [0, 0.1) is 0 Å². The van der Waals surface area contributed by atoms with Crippen LogP contribution in [0.5, 0.6) is 0 Å². The second-order valence-electron chi connectivity index (χ2n) is 11.0. The normalized spacial score (nSPS) is 13.2. The molecule has 0 N–H and O–H groups in total. The number of rotatable bonds is 9. The van der Waals surface area contributed by atoms with Gasteiger partial charge >= 0.3 is 278 Å². The van der Waals surface area contributed by atoms with E-state index in [9.17, 15) is 16.8 Å². The van der Waals surface area contributed by atoms with Crippen molar-refractivity contribution >= 4 is 70.5 Å². The van der Waals surface area contributed by atoms with Crippen LogP contribution in [0.3, 0.4) is 0 Å². The average Bonchev–Trinajstić information content (AvgIpc) is 3.12. The van der Waals surface area contributed by atoms with Gasteiger partial charge in [-0.2, -0.15) is 0 Å². The van der Waals surface area contributed by atoms with Crippen LogP contribution >= 0.6 is 0 Å². The van der Waals surface area contributed by atoms with Crippen molar-refractivity contribution < 1.29 is 21.8 Å². The third-order valence-corrected chi connectivity index (χ3v) is 29.6. The van der Waals surface area contributed by atoms with Crippen LogP contribution in [0.1, 0.15) is 0 Å². The molecule has 0 amide bonds. The van der Waals surface area contributed by atoms with Gasteiger partial charge in [0, 0.05) is 0 Å². The Labute approximate surface area is 276 Å². The first-order valence-corrected chi connectivity index (χ1v) is 23.5. The Kier molecular flexibility index (Phi) is 8.03. The first-order valence-electron chi connectivity index (χ1n) is 14.8. The Morgan fingerprint density at radius 1 is 0.340 bits per heavy atom. The minimum absolute atomic E-state index is 0.121. The molecule has 6 nitrogen and oxygen atoms in total. The molecule has 0 bridgehead atoms. The van der Waals surface area contributed by atoms with Crippen LogP contribution in [-0.4, -0.2) is 35.1 Å². The van der Waals surface area contributed by atoms with Gasteiger partial charge in [0.15, 0.2) is 0 Å². The molecule has 0 spiro atoms. The summed E-state index contributed by atoms with van der Waals surface area (Å²) in [4.78, 5) is -0.243. The maximum atomic E-state index is 14.8. The van der Waals surface area contributed by atoms with E-state index in [0.29, 0.717) is 21.3 Å². The van der Waals surface area contributed by atoms with E-state index in [1.165, 1.54) is 24.3 Å².